The maximum Gasteiger partial charge on any atom is 0.266 e. The van der Waals surface area contributed by atoms with Crippen LogP contribution in [-0.2, 0) is 11.3 Å². The molecular formula is C24H27ClN4O4S. The van der Waals surface area contributed by atoms with Gasteiger partial charge in [0.25, 0.3) is 11.5 Å². The summed E-state index contributed by atoms with van der Waals surface area (Å²) >= 11 is 7.29. The maximum atomic E-state index is 13.2. The van der Waals surface area contributed by atoms with E-state index in [0.29, 0.717) is 62.0 Å². The molecule has 2 unspecified atom stereocenters. The summed E-state index contributed by atoms with van der Waals surface area (Å²) in [6.45, 7) is 7.32. The number of ether oxygens (including phenoxy) is 1. The number of piperidine rings is 1. The Hall–Kier alpha value is -2.91. The van der Waals surface area contributed by atoms with Gasteiger partial charge in [0.05, 0.1) is 28.7 Å². The van der Waals surface area contributed by atoms with Gasteiger partial charge in [0.2, 0.25) is 5.91 Å². The van der Waals surface area contributed by atoms with Gasteiger partial charge in [-0.25, -0.2) is 4.98 Å². The van der Waals surface area contributed by atoms with E-state index in [4.69, 9.17) is 16.3 Å². The van der Waals surface area contributed by atoms with E-state index in [1.807, 2.05) is 4.90 Å². The van der Waals surface area contributed by atoms with Gasteiger partial charge in [0.1, 0.15) is 17.1 Å². The normalized spacial score (nSPS) is 18.2. The van der Waals surface area contributed by atoms with Crippen molar-refractivity contribution in [2.45, 2.75) is 33.7 Å². The minimum atomic E-state index is -0.361. The molecule has 3 heterocycles. The van der Waals surface area contributed by atoms with E-state index in [-0.39, 0.29) is 23.9 Å². The smallest absolute Gasteiger partial charge is 0.266 e. The average Bonchev–Trinajstić information content (AvgIpc) is 3.12. The lowest BCUT2D eigenvalue weighted by Gasteiger charge is -2.35. The number of methoxy groups -OCH3 is 1. The molecule has 1 aromatic carbocycles. The van der Waals surface area contributed by atoms with Gasteiger partial charge in [-0.05, 0) is 48.9 Å². The highest BCUT2D eigenvalue weighted by Gasteiger charge is 2.26. The summed E-state index contributed by atoms with van der Waals surface area (Å²) in [5.74, 6) is 0.922. The molecule has 1 aliphatic rings. The third kappa shape index (κ3) is 4.81. The third-order valence-corrected chi connectivity index (χ3v) is 7.55. The number of likely N-dealkylation sites (tertiary alicyclic amines) is 1. The lowest BCUT2D eigenvalue weighted by atomic mass is 9.92. The summed E-state index contributed by atoms with van der Waals surface area (Å²) in [4.78, 5) is 46.1. The zero-order valence-corrected chi connectivity index (χ0v) is 21.1. The number of nitrogens with one attached hydrogen (secondary N) is 1. The molecule has 0 radical (unpaired) electrons. The molecular weight excluding hydrogens is 476 g/mol. The van der Waals surface area contributed by atoms with E-state index < -0.39 is 0 Å². The molecule has 8 nitrogen and oxygen atoms in total. The van der Waals surface area contributed by atoms with Crippen LogP contribution >= 0.6 is 22.9 Å². The second kappa shape index (κ2) is 9.76. The number of hydrogen-bond acceptors (Lipinski definition) is 6. The minimum Gasteiger partial charge on any atom is -0.495 e. The fourth-order valence-electron chi connectivity index (χ4n) is 4.53. The summed E-state index contributed by atoms with van der Waals surface area (Å²) < 4.78 is 6.47. The Kier molecular flexibility index (Phi) is 6.95. The maximum absolute atomic E-state index is 13.2. The van der Waals surface area contributed by atoms with Gasteiger partial charge in [0.15, 0.2) is 0 Å². The molecule has 3 aromatic rings. The molecule has 0 bridgehead atoms. The first-order valence-electron chi connectivity index (χ1n) is 11.1. The van der Waals surface area contributed by atoms with E-state index in [1.165, 1.54) is 18.0 Å². The fourth-order valence-corrected chi connectivity index (χ4v) is 5.82. The van der Waals surface area contributed by atoms with Gasteiger partial charge in [-0.2, -0.15) is 0 Å². The monoisotopic (exact) mass is 502 g/mol. The Balaban J connectivity index is 1.57. The van der Waals surface area contributed by atoms with E-state index in [0.717, 1.165) is 17.8 Å². The topological polar surface area (TPSA) is 93.5 Å². The number of carbonyl (C=O) groups is 2. The van der Waals surface area contributed by atoms with Crippen molar-refractivity contribution in [3.63, 3.8) is 0 Å². The van der Waals surface area contributed by atoms with Crippen LogP contribution in [0.3, 0.4) is 0 Å². The van der Waals surface area contributed by atoms with Crippen LogP contribution in [0.5, 0.6) is 5.75 Å². The number of thiophene rings is 1. The van der Waals surface area contributed by atoms with Crippen LogP contribution in [0.15, 0.2) is 29.3 Å². The number of aromatic nitrogens is 2. The summed E-state index contributed by atoms with van der Waals surface area (Å²) in [6.07, 6.45) is 2.49. The second-order valence-corrected chi connectivity index (χ2v) is 10.4. The van der Waals surface area contributed by atoms with E-state index in [2.05, 4.69) is 24.1 Å². The van der Waals surface area contributed by atoms with Crippen LogP contribution < -0.4 is 15.6 Å². The predicted octanol–water partition coefficient (Wildman–Crippen LogP) is 4.19. The third-order valence-electron chi connectivity index (χ3n) is 6.06. The highest BCUT2D eigenvalue weighted by Crippen LogP contribution is 2.30. The van der Waals surface area contributed by atoms with Crippen LogP contribution in [0.2, 0.25) is 5.02 Å². The lowest BCUT2D eigenvalue weighted by molar-refractivity contribution is -0.134. The van der Waals surface area contributed by atoms with Crippen LogP contribution in [-0.4, -0.2) is 46.5 Å². The number of benzene rings is 1. The molecule has 180 valence electrons. The molecule has 4 rings (SSSR count). The van der Waals surface area contributed by atoms with Gasteiger partial charge in [-0.15, -0.1) is 11.3 Å². The Morgan fingerprint density at radius 2 is 1.97 bits per heavy atom. The van der Waals surface area contributed by atoms with E-state index >= 15 is 0 Å². The number of amides is 2. The number of anilines is 1. The SMILES string of the molecule is COc1ccc(NC(=O)c2sc3ncn(CC(=O)N4CC(C)CC(C)C4)c(=O)c3c2C)cc1Cl. The molecule has 34 heavy (non-hydrogen) atoms. The number of fused-ring (bicyclic) bond motifs is 1. The predicted molar refractivity (Wildman–Crippen MR) is 134 cm³/mol. The molecule has 2 atom stereocenters. The zero-order valence-electron chi connectivity index (χ0n) is 19.6. The van der Waals surface area contributed by atoms with Crippen molar-refractivity contribution in [3.05, 3.63) is 50.3 Å². The first-order valence-corrected chi connectivity index (χ1v) is 12.3. The molecule has 0 aliphatic carbocycles. The lowest BCUT2D eigenvalue weighted by Crippen LogP contribution is -2.44. The van der Waals surface area contributed by atoms with Gasteiger partial charge in [-0.1, -0.05) is 25.4 Å². The van der Waals surface area contributed by atoms with Crippen molar-refractivity contribution in [1.82, 2.24) is 14.5 Å². The van der Waals surface area contributed by atoms with Gasteiger partial charge >= 0.3 is 0 Å². The molecule has 10 heteroatoms. The number of hydrogen-bond donors (Lipinski definition) is 1. The van der Waals surface area contributed by atoms with Crippen LogP contribution in [0.4, 0.5) is 5.69 Å². The quantitative estimate of drug-likeness (QED) is 0.564. The van der Waals surface area contributed by atoms with Crippen molar-refractivity contribution in [3.8, 4) is 5.75 Å². The number of carbonyl (C=O) groups excluding carboxylic acids is 2. The van der Waals surface area contributed by atoms with Crippen molar-refractivity contribution >= 4 is 50.7 Å². The number of aryl methyl sites for hydroxylation is 1. The Labute approximate surface area is 206 Å². The number of halogens is 1. The van der Waals surface area contributed by atoms with Gasteiger partial charge < -0.3 is 15.0 Å². The first-order chi connectivity index (χ1) is 16.2. The molecule has 2 amide bonds. The minimum absolute atomic E-state index is 0.0671. The Bertz CT molecular complexity index is 1310. The van der Waals surface area contributed by atoms with Crippen LogP contribution in [0, 0.1) is 18.8 Å². The molecule has 1 aliphatic heterocycles. The molecule has 2 aromatic heterocycles. The highest BCUT2D eigenvalue weighted by molar-refractivity contribution is 7.20. The standard InChI is InChI=1S/C24H27ClN4O4S/c1-13-7-14(2)10-28(9-13)19(30)11-29-12-26-23-20(24(29)32)15(3)21(34-23)22(31)27-16-5-6-18(33-4)17(25)8-16/h5-6,8,12-14H,7,9-11H2,1-4H3,(H,27,31). The summed E-state index contributed by atoms with van der Waals surface area (Å²) in [6, 6.07) is 4.95. The number of rotatable bonds is 5. The molecule has 0 spiro atoms. The average molecular weight is 503 g/mol. The molecule has 0 saturated carbocycles. The largest absolute Gasteiger partial charge is 0.495 e. The van der Waals surface area contributed by atoms with E-state index in [9.17, 15) is 14.4 Å². The Morgan fingerprint density at radius 3 is 2.62 bits per heavy atom. The van der Waals surface area contributed by atoms with E-state index in [1.54, 1.807) is 25.1 Å². The van der Waals surface area contributed by atoms with Crippen molar-refractivity contribution in [2.24, 2.45) is 11.8 Å². The van der Waals surface area contributed by atoms with Crippen LogP contribution in [0.25, 0.3) is 10.2 Å². The number of nitrogens with zero attached hydrogens (tertiary/aromatic N) is 3. The first kappa shape index (κ1) is 24.2. The molecule has 1 fully saturated rings. The second-order valence-electron chi connectivity index (χ2n) is 8.96. The van der Waals surface area contributed by atoms with Crippen LogP contribution in [0.1, 0.15) is 35.5 Å². The van der Waals surface area contributed by atoms with Gasteiger partial charge in [0, 0.05) is 18.8 Å². The van der Waals surface area contributed by atoms with Gasteiger partial charge in [-0.3, -0.25) is 19.0 Å². The molecule has 1 N–H and O–H groups in total. The summed E-state index contributed by atoms with van der Waals surface area (Å²) in [5.41, 5.74) is 0.724. The van der Waals surface area contributed by atoms with Crippen molar-refractivity contribution in [1.29, 1.82) is 0 Å². The summed E-state index contributed by atoms with van der Waals surface area (Å²) in [7, 11) is 1.51. The summed E-state index contributed by atoms with van der Waals surface area (Å²) in [5, 5.41) is 3.54. The van der Waals surface area contributed by atoms with Crippen molar-refractivity contribution < 1.29 is 14.3 Å². The highest BCUT2D eigenvalue weighted by atomic mass is 35.5. The zero-order chi connectivity index (χ0) is 24.6. The van der Waals surface area contributed by atoms with Crippen molar-refractivity contribution in [2.75, 3.05) is 25.5 Å². The fraction of sp³-hybridized carbons (Fsp3) is 0.417. The Morgan fingerprint density at radius 1 is 1.26 bits per heavy atom. The molecule has 1 saturated heterocycles.